The van der Waals surface area contributed by atoms with Crippen LogP contribution in [0.5, 0.6) is 0 Å². The van der Waals surface area contributed by atoms with E-state index in [1.54, 1.807) is 4.90 Å². The lowest BCUT2D eigenvalue weighted by molar-refractivity contribution is -0.122. The Kier molecular flexibility index (Phi) is 3.66. The van der Waals surface area contributed by atoms with Gasteiger partial charge in [-0.25, -0.2) is 0 Å². The van der Waals surface area contributed by atoms with Gasteiger partial charge in [-0.15, -0.1) is 0 Å². The van der Waals surface area contributed by atoms with Crippen molar-refractivity contribution in [2.45, 2.75) is 26.8 Å². The van der Waals surface area contributed by atoms with E-state index in [-0.39, 0.29) is 11.8 Å². The molecule has 18 heavy (non-hydrogen) atoms. The van der Waals surface area contributed by atoms with Gasteiger partial charge in [0.05, 0.1) is 11.6 Å². The average molecular weight is 262 g/mol. The second kappa shape index (κ2) is 5.06. The molecule has 1 heterocycles. The van der Waals surface area contributed by atoms with E-state index in [4.69, 9.17) is 12.2 Å². The summed E-state index contributed by atoms with van der Waals surface area (Å²) in [5, 5.41) is 0.610. The van der Waals surface area contributed by atoms with Crippen LogP contribution in [-0.2, 0) is 4.79 Å². The van der Waals surface area contributed by atoms with Crippen LogP contribution in [0.15, 0.2) is 30.3 Å². The largest absolute Gasteiger partial charge is 0.345 e. The van der Waals surface area contributed by atoms with E-state index < -0.39 is 0 Å². The summed E-state index contributed by atoms with van der Waals surface area (Å²) in [5.74, 6) is 0.0578. The van der Waals surface area contributed by atoms with Gasteiger partial charge in [-0.1, -0.05) is 25.1 Å². The minimum absolute atomic E-state index is 0.0284. The van der Waals surface area contributed by atoms with E-state index in [1.807, 2.05) is 37.3 Å². The Labute approximate surface area is 113 Å². The second-order valence-corrected chi connectivity index (χ2v) is 5.30. The Balaban J connectivity index is 2.37. The average Bonchev–Trinajstić information content (AvgIpc) is 2.35. The number of carbonyl (C=O) groups excluding carboxylic acids is 1. The fourth-order valence-corrected chi connectivity index (χ4v) is 2.62. The van der Waals surface area contributed by atoms with Gasteiger partial charge in [0.15, 0.2) is 5.11 Å². The molecule has 3 nitrogen and oxygen atoms in total. The van der Waals surface area contributed by atoms with Crippen LogP contribution in [-0.4, -0.2) is 28.5 Å². The van der Waals surface area contributed by atoms with Gasteiger partial charge < -0.3 is 4.90 Å². The second-order valence-electron chi connectivity index (χ2n) is 4.94. The first-order valence-electron chi connectivity index (χ1n) is 6.22. The number of thiocarbonyl (C=S) groups is 1. The van der Waals surface area contributed by atoms with Gasteiger partial charge in [-0.05, 0) is 38.2 Å². The molecule has 0 spiro atoms. The fourth-order valence-electron chi connectivity index (χ4n) is 2.14. The van der Waals surface area contributed by atoms with E-state index in [2.05, 4.69) is 18.7 Å². The van der Waals surface area contributed by atoms with E-state index in [1.165, 1.54) is 0 Å². The highest BCUT2D eigenvalue weighted by Gasteiger charge is 2.35. The fraction of sp³-hybridized carbons (Fsp3) is 0.429. The maximum absolute atomic E-state index is 12.3. The van der Waals surface area contributed by atoms with Gasteiger partial charge in [0, 0.05) is 12.6 Å². The predicted molar refractivity (Wildman–Crippen MR) is 77.5 cm³/mol. The molecule has 0 N–H and O–H groups in total. The number of hydrogen-bond acceptors (Lipinski definition) is 2. The summed E-state index contributed by atoms with van der Waals surface area (Å²) in [5.41, 5.74) is 0.852. The number of carbonyl (C=O) groups is 1. The Morgan fingerprint density at radius 2 is 1.89 bits per heavy atom. The van der Waals surface area contributed by atoms with Crippen molar-refractivity contribution in [2.24, 2.45) is 5.92 Å². The molecule has 1 aromatic rings. The van der Waals surface area contributed by atoms with Crippen LogP contribution in [0, 0.1) is 5.92 Å². The molecule has 1 saturated heterocycles. The van der Waals surface area contributed by atoms with Crippen LogP contribution >= 0.6 is 12.2 Å². The zero-order chi connectivity index (χ0) is 13.3. The number of benzene rings is 1. The Morgan fingerprint density at radius 1 is 1.28 bits per heavy atom. The third-order valence-corrected chi connectivity index (χ3v) is 3.60. The molecule has 1 amide bonds. The van der Waals surface area contributed by atoms with Crippen molar-refractivity contribution in [3.05, 3.63) is 30.3 Å². The quantitative estimate of drug-likeness (QED) is 0.766. The van der Waals surface area contributed by atoms with Crippen LogP contribution in [0.2, 0.25) is 0 Å². The van der Waals surface area contributed by atoms with Crippen molar-refractivity contribution in [1.82, 2.24) is 4.90 Å². The summed E-state index contributed by atoms with van der Waals surface area (Å²) in [4.78, 5) is 16.1. The molecule has 0 radical (unpaired) electrons. The van der Waals surface area contributed by atoms with Crippen LogP contribution in [0.25, 0.3) is 0 Å². The van der Waals surface area contributed by atoms with E-state index in [9.17, 15) is 4.79 Å². The first-order valence-corrected chi connectivity index (χ1v) is 6.63. The first-order chi connectivity index (χ1) is 8.52. The molecule has 4 heteroatoms. The standard InChI is InChI=1S/C14H18N2OS/c1-10(2)15-9-11(3)13(17)16(14(15)18)12-7-5-4-6-8-12/h4-8,10-11H,9H2,1-3H3/t11-/m0/s1. The smallest absolute Gasteiger partial charge is 0.237 e. The van der Waals surface area contributed by atoms with Crippen molar-refractivity contribution in [1.29, 1.82) is 0 Å². The minimum Gasteiger partial charge on any atom is -0.345 e. The van der Waals surface area contributed by atoms with Crippen LogP contribution in [0.3, 0.4) is 0 Å². The van der Waals surface area contributed by atoms with Gasteiger partial charge in [-0.2, -0.15) is 0 Å². The molecule has 1 aliphatic rings. The molecule has 1 fully saturated rings. The predicted octanol–water partition coefficient (Wildman–Crippen LogP) is 2.66. The summed E-state index contributed by atoms with van der Waals surface area (Å²) in [6, 6.07) is 9.92. The third kappa shape index (κ3) is 2.25. The van der Waals surface area contributed by atoms with Crippen LogP contribution in [0.1, 0.15) is 20.8 Å². The van der Waals surface area contributed by atoms with E-state index in [0.717, 1.165) is 5.69 Å². The molecule has 96 valence electrons. The molecule has 0 unspecified atom stereocenters. The lowest BCUT2D eigenvalue weighted by Gasteiger charge is -2.42. The molecular weight excluding hydrogens is 244 g/mol. The van der Waals surface area contributed by atoms with Crippen LogP contribution < -0.4 is 4.90 Å². The molecule has 1 aromatic carbocycles. The molecule has 0 aliphatic carbocycles. The number of hydrogen-bond donors (Lipinski definition) is 0. The highest BCUT2D eigenvalue weighted by atomic mass is 32.1. The summed E-state index contributed by atoms with van der Waals surface area (Å²) < 4.78 is 0. The van der Waals surface area contributed by atoms with Gasteiger partial charge in [0.1, 0.15) is 0 Å². The molecule has 0 saturated carbocycles. The Hall–Kier alpha value is -1.42. The zero-order valence-electron chi connectivity index (χ0n) is 11.0. The summed E-state index contributed by atoms with van der Waals surface area (Å²) in [6.45, 7) is 6.85. The van der Waals surface area contributed by atoms with Crippen molar-refractivity contribution in [2.75, 3.05) is 11.4 Å². The molecule has 0 aromatic heterocycles. The monoisotopic (exact) mass is 262 g/mol. The summed E-state index contributed by atoms with van der Waals surface area (Å²) in [6.07, 6.45) is 0. The highest BCUT2D eigenvalue weighted by molar-refractivity contribution is 7.80. The summed E-state index contributed by atoms with van der Waals surface area (Å²) >= 11 is 5.47. The van der Waals surface area contributed by atoms with E-state index >= 15 is 0 Å². The molecule has 2 rings (SSSR count). The number of rotatable bonds is 2. The minimum atomic E-state index is -0.0284. The normalized spacial score (nSPS) is 20.8. The number of amides is 1. The third-order valence-electron chi connectivity index (χ3n) is 3.19. The van der Waals surface area contributed by atoms with Crippen molar-refractivity contribution in [3.8, 4) is 0 Å². The Morgan fingerprint density at radius 3 is 2.44 bits per heavy atom. The topological polar surface area (TPSA) is 23.6 Å². The van der Waals surface area contributed by atoms with Crippen molar-refractivity contribution >= 4 is 28.9 Å². The number of para-hydroxylation sites is 1. The molecule has 1 aliphatic heterocycles. The van der Waals surface area contributed by atoms with Crippen LogP contribution in [0.4, 0.5) is 5.69 Å². The van der Waals surface area contributed by atoms with Gasteiger partial charge in [-0.3, -0.25) is 9.69 Å². The lowest BCUT2D eigenvalue weighted by atomic mass is 10.1. The SMILES string of the molecule is CC(C)N1C[C@H](C)C(=O)N(c2ccccc2)C1=S. The molecular formula is C14H18N2OS. The van der Waals surface area contributed by atoms with Gasteiger partial charge in [0.2, 0.25) is 5.91 Å². The summed E-state index contributed by atoms with van der Waals surface area (Å²) in [7, 11) is 0. The Bertz CT molecular complexity index is 458. The maximum Gasteiger partial charge on any atom is 0.237 e. The van der Waals surface area contributed by atoms with Gasteiger partial charge in [0.25, 0.3) is 0 Å². The maximum atomic E-state index is 12.3. The first kappa shape index (κ1) is 13.0. The zero-order valence-corrected chi connectivity index (χ0v) is 11.8. The van der Waals surface area contributed by atoms with Crippen molar-refractivity contribution < 1.29 is 4.79 Å². The van der Waals surface area contributed by atoms with Gasteiger partial charge >= 0.3 is 0 Å². The number of nitrogens with zero attached hydrogens (tertiary/aromatic N) is 2. The van der Waals surface area contributed by atoms with E-state index in [0.29, 0.717) is 17.7 Å². The van der Waals surface area contributed by atoms with Crippen molar-refractivity contribution in [3.63, 3.8) is 0 Å². The molecule has 1 atom stereocenters. The highest BCUT2D eigenvalue weighted by Crippen LogP contribution is 2.24. The molecule has 0 bridgehead atoms. The lowest BCUT2D eigenvalue weighted by Crippen LogP contribution is -2.58. The number of anilines is 1.